The van der Waals surface area contributed by atoms with E-state index in [1.165, 1.54) is 0 Å². The molecular weight excluding hydrogens is 204 g/mol. The fourth-order valence-corrected chi connectivity index (χ4v) is 2.35. The Morgan fingerprint density at radius 3 is 3.25 bits per heavy atom. The van der Waals surface area contributed by atoms with Gasteiger partial charge in [0.2, 0.25) is 5.91 Å². The van der Waals surface area contributed by atoms with Gasteiger partial charge in [0.1, 0.15) is 0 Å². The van der Waals surface area contributed by atoms with Crippen LogP contribution in [-0.4, -0.2) is 36.6 Å². The summed E-state index contributed by atoms with van der Waals surface area (Å²) in [6.07, 6.45) is 2.84. The number of anilines is 2. The molecule has 1 aromatic heterocycles. The molecule has 3 rings (SSSR count). The van der Waals surface area contributed by atoms with Crippen LogP contribution in [0.2, 0.25) is 0 Å². The second-order valence-electron chi connectivity index (χ2n) is 4.20. The predicted molar refractivity (Wildman–Crippen MR) is 61.5 cm³/mol. The highest BCUT2D eigenvalue weighted by molar-refractivity contribution is 6.00. The zero-order valence-electron chi connectivity index (χ0n) is 8.94. The van der Waals surface area contributed by atoms with Crippen LogP contribution in [0.25, 0.3) is 0 Å². The Bertz CT molecular complexity index is 414. The fraction of sp³-hybridized carbons (Fsp3) is 0.455. The van der Waals surface area contributed by atoms with Crippen molar-refractivity contribution in [3.63, 3.8) is 0 Å². The molecule has 2 aliphatic heterocycles. The molecule has 3 heterocycles. The maximum Gasteiger partial charge on any atom is 0.244 e. The van der Waals surface area contributed by atoms with Crippen LogP contribution in [0.5, 0.6) is 0 Å². The minimum atomic E-state index is 0.0485. The van der Waals surface area contributed by atoms with E-state index in [9.17, 15) is 4.79 Å². The molecule has 1 unspecified atom stereocenters. The van der Waals surface area contributed by atoms with Crippen molar-refractivity contribution in [2.75, 3.05) is 29.9 Å². The summed E-state index contributed by atoms with van der Waals surface area (Å²) >= 11 is 0. The molecule has 0 saturated carbocycles. The van der Waals surface area contributed by atoms with E-state index in [4.69, 9.17) is 0 Å². The van der Waals surface area contributed by atoms with Gasteiger partial charge in [-0.2, -0.15) is 0 Å². The molecule has 0 aliphatic carbocycles. The summed E-state index contributed by atoms with van der Waals surface area (Å²) in [5.41, 5.74) is 0.825. The first-order valence-corrected chi connectivity index (χ1v) is 5.57. The van der Waals surface area contributed by atoms with Crippen molar-refractivity contribution in [2.24, 2.45) is 0 Å². The topological polar surface area (TPSA) is 57.3 Å². The van der Waals surface area contributed by atoms with Gasteiger partial charge >= 0.3 is 0 Å². The second-order valence-corrected chi connectivity index (χ2v) is 4.20. The van der Waals surface area contributed by atoms with Crippen LogP contribution in [-0.2, 0) is 4.79 Å². The van der Waals surface area contributed by atoms with Gasteiger partial charge in [-0.3, -0.25) is 4.79 Å². The second kappa shape index (κ2) is 3.75. The van der Waals surface area contributed by atoms with Crippen LogP contribution in [0.4, 0.5) is 11.5 Å². The van der Waals surface area contributed by atoms with Gasteiger partial charge < -0.3 is 15.5 Å². The minimum Gasteiger partial charge on any atom is -0.341 e. The summed E-state index contributed by atoms with van der Waals surface area (Å²) in [6.45, 7) is 2.37. The molecule has 0 spiro atoms. The van der Waals surface area contributed by atoms with Gasteiger partial charge in [0, 0.05) is 18.8 Å². The largest absolute Gasteiger partial charge is 0.341 e. The van der Waals surface area contributed by atoms with Crippen LogP contribution in [0.3, 0.4) is 0 Å². The number of rotatable bonds is 1. The van der Waals surface area contributed by atoms with Crippen molar-refractivity contribution in [2.45, 2.75) is 12.5 Å². The van der Waals surface area contributed by atoms with Crippen LogP contribution in [0.1, 0.15) is 6.42 Å². The molecule has 16 heavy (non-hydrogen) atoms. The Balaban J connectivity index is 1.96. The third-order valence-electron chi connectivity index (χ3n) is 3.12. The van der Waals surface area contributed by atoms with Crippen LogP contribution < -0.4 is 15.5 Å². The van der Waals surface area contributed by atoms with Gasteiger partial charge in [-0.15, -0.1) is 0 Å². The lowest BCUT2D eigenvalue weighted by atomic mass is 10.1. The van der Waals surface area contributed by atoms with Gasteiger partial charge in [-0.1, -0.05) is 0 Å². The van der Waals surface area contributed by atoms with Gasteiger partial charge in [0.25, 0.3) is 0 Å². The first kappa shape index (κ1) is 9.59. The smallest absolute Gasteiger partial charge is 0.244 e. The molecular formula is C11H14N4O. The van der Waals surface area contributed by atoms with E-state index >= 15 is 0 Å². The normalized spacial score (nSPS) is 24.1. The standard InChI is InChI=1S/C11H14N4O/c16-10-7-15(8-3-5-12-6-8)11-9(14-10)2-1-4-13-11/h1-2,4,8,12H,3,5-7H2,(H,14,16). The molecule has 1 amide bonds. The number of nitrogens with zero attached hydrogens (tertiary/aromatic N) is 2. The van der Waals surface area contributed by atoms with Crippen molar-refractivity contribution < 1.29 is 4.79 Å². The highest BCUT2D eigenvalue weighted by Crippen LogP contribution is 2.29. The first-order valence-electron chi connectivity index (χ1n) is 5.57. The molecule has 5 nitrogen and oxygen atoms in total. The average Bonchev–Trinajstić information content (AvgIpc) is 2.81. The Hall–Kier alpha value is -1.62. The zero-order chi connectivity index (χ0) is 11.0. The first-order chi connectivity index (χ1) is 7.84. The average molecular weight is 218 g/mol. The van der Waals surface area contributed by atoms with Crippen LogP contribution >= 0.6 is 0 Å². The number of carbonyl (C=O) groups is 1. The Morgan fingerprint density at radius 2 is 2.44 bits per heavy atom. The number of hydrogen-bond acceptors (Lipinski definition) is 4. The van der Waals surface area contributed by atoms with Crippen LogP contribution in [0.15, 0.2) is 18.3 Å². The monoisotopic (exact) mass is 218 g/mol. The maximum atomic E-state index is 11.6. The highest BCUT2D eigenvalue weighted by Gasteiger charge is 2.30. The summed E-state index contributed by atoms with van der Waals surface area (Å²) in [5.74, 6) is 0.947. The van der Waals surface area contributed by atoms with E-state index in [2.05, 4.69) is 20.5 Å². The quantitative estimate of drug-likeness (QED) is 0.707. The molecule has 1 atom stereocenters. The molecule has 84 valence electrons. The molecule has 0 bridgehead atoms. The molecule has 0 aromatic carbocycles. The molecule has 1 fully saturated rings. The van der Waals surface area contributed by atoms with Crippen molar-refractivity contribution in [3.8, 4) is 0 Å². The number of pyridine rings is 1. The molecule has 1 saturated heterocycles. The maximum absolute atomic E-state index is 11.6. The van der Waals surface area contributed by atoms with Crippen molar-refractivity contribution in [1.29, 1.82) is 0 Å². The van der Waals surface area contributed by atoms with Crippen molar-refractivity contribution in [1.82, 2.24) is 10.3 Å². The minimum absolute atomic E-state index is 0.0485. The Labute approximate surface area is 93.9 Å². The van der Waals surface area contributed by atoms with E-state index in [1.807, 2.05) is 12.1 Å². The lowest BCUT2D eigenvalue weighted by Gasteiger charge is -2.33. The van der Waals surface area contributed by atoms with Gasteiger partial charge in [0.15, 0.2) is 5.82 Å². The van der Waals surface area contributed by atoms with Crippen molar-refractivity contribution in [3.05, 3.63) is 18.3 Å². The summed E-state index contributed by atoms with van der Waals surface area (Å²) in [7, 11) is 0. The van der Waals surface area contributed by atoms with Crippen LogP contribution in [0, 0.1) is 0 Å². The summed E-state index contributed by atoms with van der Waals surface area (Å²) in [5, 5.41) is 6.16. The molecule has 2 N–H and O–H groups in total. The van der Waals surface area contributed by atoms with E-state index in [-0.39, 0.29) is 5.91 Å². The molecule has 5 heteroatoms. The molecule has 2 aliphatic rings. The summed E-state index contributed by atoms with van der Waals surface area (Å²) < 4.78 is 0. The van der Waals surface area contributed by atoms with E-state index in [0.717, 1.165) is 31.0 Å². The van der Waals surface area contributed by atoms with Gasteiger partial charge in [-0.05, 0) is 25.1 Å². The number of hydrogen-bond donors (Lipinski definition) is 2. The number of nitrogens with one attached hydrogen (secondary N) is 2. The van der Waals surface area contributed by atoms with E-state index in [1.54, 1.807) is 6.20 Å². The number of fused-ring (bicyclic) bond motifs is 1. The zero-order valence-corrected chi connectivity index (χ0v) is 8.94. The van der Waals surface area contributed by atoms with E-state index in [0.29, 0.717) is 12.6 Å². The third-order valence-corrected chi connectivity index (χ3v) is 3.12. The Kier molecular flexibility index (Phi) is 2.25. The predicted octanol–water partition coefficient (Wildman–Crippen LogP) is 0.202. The lowest BCUT2D eigenvalue weighted by Crippen LogP contribution is -2.46. The molecule has 1 aromatic rings. The number of aromatic nitrogens is 1. The van der Waals surface area contributed by atoms with Crippen molar-refractivity contribution >= 4 is 17.4 Å². The summed E-state index contributed by atoms with van der Waals surface area (Å²) in [6, 6.07) is 4.13. The van der Waals surface area contributed by atoms with E-state index < -0.39 is 0 Å². The Morgan fingerprint density at radius 1 is 1.50 bits per heavy atom. The van der Waals surface area contributed by atoms with Gasteiger partial charge in [-0.25, -0.2) is 4.98 Å². The number of amides is 1. The third kappa shape index (κ3) is 1.53. The highest BCUT2D eigenvalue weighted by atomic mass is 16.2. The SMILES string of the molecule is O=C1CN(C2CCNC2)c2ncccc2N1. The van der Waals surface area contributed by atoms with Gasteiger partial charge in [0.05, 0.1) is 12.2 Å². The molecule has 0 radical (unpaired) electrons. The number of carbonyl (C=O) groups excluding carboxylic acids is 1. The fourth-order valence-electron chi connectivity index (χ4n) is 2.35. The summed E-state index contributed by atoms with van der Waals surface area (Å²) in [4.78, 5) is 18.1. The lowest BCUT2D eigenvalue weighted by molar-refractivity contribution is -0.115.